The number of rotatable bonds is 5. The summed E-state index contributed by atoms with van der Waals surface area (Å²) in [5, 5.41) is 4.03. The lowest BCUT2D eigenvalue weighted by Crippen LogP contribution is -2.11. The van der Waals surface area contributed by atoms with Gasteiger partial charge in [-0.1, -0.05) is 0 Å². The number of carbonyl (C=O) groups is 2. The number of ether oxygens (including phenoxy) is 1. The number of pyridine rings is 1. The van der Waals surface area contributed by atoms with Crippen LogP contribution in [0.4, 0.5) is 10.8 Å². The summed E-state index contributed by atoms with van der Waals surface area (Å²) < 4.78 is 4.92. The monoisotopic (exact) mass is 402 g/mol. The van der Waals surface area contributed by atoms with Crippen LogP contribution in [0.25, 0.3) is 10.2 Å². The number of esters is 1. The van der Waals surface area contributed by atoms with Gasteiger partial charge in [-0.05, 0) is 37.8 Å². The van der Waals surface area contributed by atoms with Gasteiger partial charge in [-0.2, -0.15) is 0 Å². The lowest BCUT2D eigenvalue weighted by atomic mass is 10.1. The van der Waals surface area contributed by atoms with Crippen LogP contribution >= 0.6 is 22.7 Å². The third kappa shape index (κ3) is 3.52. The molecule has 1 aliphatic rings. The Morgan fingerprint density at radius 2 is 2.19 bits per heavy atom. The Morgan fingerprint density at radius 1 is 1.33 bits per heavy atom. The van der Waals surface area contributed by atoms with Gasteiger partial charge in [0.25, 0.3) is 5.91 Å². The number of nitrogens with one attached hydrogen (secondary N) is 1. The fourth-order valence-corrected chi connectivity index (χ4v) is 4.91. The Bertz CT molecular complexity index is 1040. The minimum atomic E-state index is -0.313. The Kier molecular flexibility index (Phi) is 4.79. The maximum Gasteiger partial charge on any atom is 0.311 e. The first kappa shape index (κ1) is 17.9. The van der Waals surface area contributed by atoms with Crippen LogP contribution in [0, 0.1) is 0 Å². The molecule has 4 rings (SSSR count). The van der Waals surface area contributed by atoms with E-state index >= 15 is 0 Å². The standard InChI is InChI=1S/C18H18N4O3S2/c1-2-25-13(23)7-10-8-20-18(26-10)22-16(24)15-14(19)11-6-9-4-3-5-12(9)21-17(11)27-15/h6,8H,2-5,7,19H2,1H3,(H,20,22,24). The number of carbonyl (C=O) groups excluding carboxylic acids is 2. The van der Waals surface area contributed by atoms with Gasteiger partial charge in [0.2, 0.25) is 0 Å². The molecule has 27 heavy (non-hydrogen) atoms. The predicted octanol–water partition coefficient (Wildman–Crippen LogP) is 3.18. The third-order valence-corrected chi connectivity index (χ3v) is 6.38. The average molecular weight is 403 g/mol. The number of nitrogens with zero attached hydrogens (tertiary/aromatic N) is 2. The highest BCUT2D eigenvalue weighted by molar-refractivity contribution is 7.21. The highest BCUT2D eigenvalue weighted by atomic mass is 32.1. The molecule has 3 aromatic rings. The van der Waals surface area contributed by atoms with Crippen molar-refractivity contribution in [1.82, 2.24) is 9.97 Å². The van der Waals surface area contributed by atoms with Crippen molar-refractivity contribution in [3.05, 3.63) is 33.3 Å². The molecule has 0 spiro atoms. The second-order valence-electron chi connectivity index (χ2n) is 6.21. The summed E-state index contributed by atoms with van der Waals surface area (Å²) in [4.78, 5) is 35.0. The molecule has 0 saturated carbocycles. The third-order valence-electron chi connectivity index (χ3n) is 4.35. The summed E-state index contributed by atoms with van der Waals surface area (Å²) in [6.45, 7) is 2.10. The number of nitrogen functional groups attached to an aromatic ring is 1. The van der Waals surface area contributed by atoms with E-state index in [0.717, 1.165) is 40.1 Å². The van der Waals surface area contributed by atoms with E-state index in [4.69, 9.17) is 10.5 Å². The molecule has 7 nitrogen and oxygen atoms in total. The predicted molar refractivity (Wildman–Crippen MR) is 106 cm³/mol. The molecule has 0 aromatic carbocycles. The maximum absolute atomic E-state index is 12.7. The number of thiophene rings is 1. The lowest BCUT2D eigenvalue weighted by Gasteiger charge is -2.01. The van der Waals surface area contributed by atoms with E-state index in [9.17, 15) is 9.59 Å². The van der Waals surface area contributed by atoms with Gasteiger partial charge < -0.3 is 10.5 Å². The lowest BCUT2D eigenvalue weighted by molar-refractivity contribution is -0.142. The summed E-state index contributed by atoms with van der Waals surface area (Å²) in [5.41, 5.74) is 9.01. The molecule has 0 saturated heterocycles. The van der Waals surface area contributed by atoms with E-state index in [1.807, 2.05) is 0 Å². The number of amides is 1. The van der Waals surface area contributed by atoms with E-state index in [0.29, 0.717) is 22.3 Å². The zero-order valence-corrected chi connectivity index (χ0v) is 16.3. The zero-order chi connectivity index (χ0) is 19.0. The summed E-state index contributed by atoms with van der Waals surface area (Å²) in [7, 11) is 0. The Balaban J connectivity index is 1.53. The molecular formula is C18H18N4O3S2. The first-order valence-electron chi connectivity index (χ1n) is 8.67. The Hall–Kier alpha value is -2.52. The van der Waals surface area contributed by atoms with Gasteiger partial charge in [-0.3, -0.25) is 14.9 Å². The Morgan fingerprint density at radius 3 is 3.00 bits per heavy atom. The second kappa shape index (κ2) is 7.24. The largest absolute Gasteiger partial charge is 0.466 e. The van der Waals surface area contributed by atoms with Crippen molar-refractivity contribution in [2.75, 3.05) is 17.7 Å². The van der Waals surface area contributed by atoms with Crippen molar-refractivity contribution in [3.8, 4) is 0 Å². The number of nitrogens with two attached hydrogens (primary N) is 1. The molecule has 0 bridgehead atoms. The number of hydrogen-bond acceptors (Lipinski definition) is 8. The number of anilines is 2. The molecule has 3 aromatic heterocycles. The van der Waals surface area contributed by atoms with Crippen LogP contribution in [0.15, 0.2) is 12.3 Å². The highest BCUT2D eigenvalue weighted by Crippen LogP contribution is 2.36. The normalized spacial score (nSPS) is 12.9. The summed E-state index contributed by atoms with van der Waals surface area (Å²) in [5.74, 6) is -0.625. The van der Waals surface area contributed by atoms with Crippen LogP contribution in [-0.2, 0) is 28.8 Å². The smallest absolute Gasteiger partial charge is 0.311 e. The van der Waals surface area contributed by atoms with E-state index in [1.54, 1.807) is 13.1 Å². The van der Waals surface area contributed by atoms with Crippen LogP contribution in [0.2, 0.25) is 0 Å². The zero-order valence-electron chi connectivity index (χ0n) is 14.7. The fraction of sp³-hybridized carbons (Fsp3) is 0.333. The van der Waals surface area contributed by atoms with Crippen LogP contribution < -0.4 is 11.1 Å². The molecule has 0 aliphatic heterocycles. The first-order valence-corrected chi connectivity index (χ1v) is 10.3. The summed E-state index contributed by atoms with van der Waals surface area (Å²) in [6.07, 6.45) is 4.81. The van der Waals surface area contributed by atoms with E-state index in [-0.39, 0.29) is 18.3 Å². The molecule has 9 heteroatoms. The van der Waals surface area contributed by atoms with Gasteiger partial charge in [-0.25, -0.2) is 9.97 Å². The minimum absolute atomic E-state index is 0.141. The van der Waals surface area contributed by atoms with Gasteiger partial charge in [-0.15, -0.1) is 22.7 Å². The molecule has 1 aliphatic carbocycles. The average Bonchev–Trinajstić information content (AvgIpc) is 3.33. The van der Waals surface area contributed by atoms with Crippen LogP contribution in [-0.4, -0.2) is 28.5 Å². The number of hydrogen-bond donors (Lipinski definition) is 2. The molecule has 0 unspecified atom stereocenters. The van der Waals surface area contributed by atoms with Gasteiger partial charge in [0, 0.05) is 22.2 Å². The van der Waals surface area contributed by atoms with Gasteiger partial charge in [0.05, 0.1) is 18.7 Å². The van der Waals surface area contributed by atoms with E-state index in [2.05, 4.69) is 21.4 Å². The summed E-state index contributed by atoms with van der Waals surface area (Å²) in [6, 6.07) is 2.06. The molecular weight excluding hydrogens is 384 g/mol. The van der Waals surface area contributed by atoms with Crippen molar-refractivity contribution in [2.45, 2.75) is 32.6 Å². The van der Waals surface area contributed by atoms with E-state index < -0.39 is 0 Å². The first-order chi connectivity index (χ1) is 13.0. The molecule has 3 N–H and O–H groups in total. The Labute approximate surface area is 163 Å². The van der Waals surface area contributed by atoms with Crippen LogP contribution in [0.1, 0.15) is 39.2 Å². The quantitative estimate of drug-likeness (QED) is 0.635. The molecule has 3 heterocycles. The number of aromatic nitrogens is 2. The minimum Gasteiger partial charge on any atom is -0.466 e. The van der Waals surface area contributed by atoms with Gasteiger partial charge >= 0.3 is 5.97 Å². The van der Waals surface area contributed by atoms with Crippen molar-refractivity contribution < 1.29 is 14.3 Å². The summed E-state index contributed by atoms with van der Waals surface area (Å²) >= 11 is 2.54. The molecule has 0 atom stereocenters. The molecule has 140 valence electrons. The molecule has 0 radical (unpaired) electrons. The van der Waals surface area contributed by atoms with Crippen molar-refractivity contribution in [1.29, 1.82) is 0 Å². The number of aryl methyl sites for hydroxylation is 2. The number of fused-ring (bicyclic) bond motifs is 2. The topological polar surface area (TPSA) is 107 Å². The fourth-order valence-electron chi connectivity index (χ4n) is 3.12. The van der Waals surface area contributed by atoms with Gasteiger partial charge in [0.1, 0.15) is 9.71 Å². The van der Waals surface area contributed by atoms with Crippen molar-refractivity contribution in [2.24, 2.45) is 0 Å². The van der Waals surface area contributed by atoms with Crippen LogP contribution in [0.3, 0.4) is 0 Å². The van der Waals surface area contributed by atoms with Crippen molar-refractivity contribution >= 4 is 55.6 Å². The SMILES string of the molecule is CCOC(=O)Cc1cnc(NC(=O)c2sc3nc4c(cc3c2N)CCC4)s1. The maximum atomic E-state index is 12.7. The second-order valence-corrected chi connectivity index (χ2v) is 8.33. The molecule has 0 fully saturated rings. The van der Waals surface area contributed by atoms with Crippen LogP contribution in [0.5, 0.6) is 0 Å². The number of thiazole rings is 1. The highest BCUT2D eigenvalue weighted by Gasteiger charge is 2.22. The van der Waals surface area contributed by atoms with Crippen molar-refractivity contribution in [3.63, 3.8) is 0 Å². The van der Waals surface area contributed by atoms with E-state index in [1.165, 1.54) is 28.2 Å². The molecule has 1 amide bonds. The van der Waals surface area contributed by atoms with Gasteiger partial charge in [0.15, 0.2) is 5.13 Å².